The van der Waals surface area contributed by atoms with Crippen LogP contribution in [0.5, 0.6) is 0 Å². The molecule has 3 aromatic rings. The van der Waals surface area contributed by atoms with Crippen LogP contribution >= 0.6 is 11.6 Å². The third-order valence-corrected chi connectivity index (χ3v) is 3.91. The molecule has 0 unspecified atom stereocenters. The van der Waals surface area contributed by atoms with E-state index < -0.39 is 4.92 Å². The van der Waals surface area contributed by atoms with Gasteiger partial charge in [-0.05, 0) is 42.3 Å². The number of nitrogens with one attached hydrogen (secondary N) is 2. The Morgan fingerprint density at radius 1 is 1.12 bits per heavy atom. The maximum atomic E-state index is 11.6. The van der Waals surface area contributed by atoms with Gasteiger partial charge in [0.1, 0.15) is 6.33 Å². The van der Waals surface area contributed by atoms with Crippen LogP contribution in [-0.4, -0.2) is 14.9 Å². The minimum absolute atomic E-state index is 0.134. The maximum Gasteiger partial charge on any atom is 0.353 e. The molecule has 0 spiro atoms. The van der Waals surface area contributed by atoms with Crippen molar-refractivity contribution in [1.82, 2.24) is 9.97 Å². The quantitative estimate of drug-likeness (QED) is 0.483. The molecule has 0 amide bonds. The molecule has 0 aliphatic rings. The van der Waals surface area contributed by atoms with Crippen LogP contribution in [0.15, 0.2) is 54.9 Å². The smallest absolute Gasteiger partial charge is 0.353 e. The van der Waals surface area contributed by atoms with Gasteiger partial charge in [0.25, 0.3) is 0 Å². The Kier molecular flexibility index (Phi) is 5.28. The molecule has 0 atom stereocenters. The lowest BCUT2D eigenvalue weighted by Crippen LogP contribution is -2.08. The molecule has 0 aliphatic heterocycles. The first-order chi connectivity index (χ1) is 12.5. The Morgan fingerprint density at radius 3 is 2.54 bits per heavy atom. The Bertz CT molecular complexity index is 931. The van der Waals surface area contributed by atoms with Gasteiger partial charge in [-0.3, -0.25) is 10.1 Å². The van der Waals surface area contributed by atoms with Gasteiger partial charge in [-0.2, -0.15) is 0 Å². The molecule has 0 bridgehead atoms. The van der Waals surface area contributed by atoms with Crippen LogP contribution in [0.3, 0.4) is 0 Å². The lowest BCUT2D eigenvalue weighted by atomic mass is 10.2. The molecule has 1 heterocycles. The average Bonchev–Trinajstić information content (AvgIpc) is 2.61. The molecule has 0 saturated heterocycles. The van der Waals surface area contributed by atoms with E-state index in [1.807, 2.05) is 43.3 Å². The minimum Gasteiger partial charge on any atom is -0.360 e. The lowest BCUT2D eigenvalue weighted by Gasteiger charge is -2.10. The molecule has 0 radical (unpaired) electrons. The second-order valence-corrected chi connectivity index (χ2v) is 6.09. The summed E-state index contributed by atoms with van der Waals surface area (Å²) in [5.41, 5.74) is 2.47. The van der Waals surface area contributed by atoms with Crippen molar-refractivity contribution >= 4 is 34.6 Å². The third-order valence-electron chi connectivity index (χ3n) is 3.66. The predicted octanol–water partition coefficient (Wildman–Crippen LogP) is 4.70. The number of hydrogen-bond acceptors (Lipinski definition) is 6. The first-order valence-electron chi connectivity index (χ1n) is 7.84. The molecule has 132 valence electrons. The molecule has 2 aromatic carbocycles. The van der Waals surface area contributed by atoms with Crippen molar-refractivity contribution in [2.75, 3.05) is 10.6 Å². The van der Waals surface area contributed by atoms with Gasteiger partial charge < -0.3 is 10.6 Å². The van der Waals surface area contributed by atoms with E-state index in [1.54, 1.807) is 12.1 Å². The normalized spacial score (nSPS) is 10.4. The van der Waals surface area contributed by atoms with Crippen LogP contribution in [0.4, 0.5) is 23.0 Å². The van der Waals surface area contributed by atoms with Crippen molar-refractivity contribution in [3.63, 3.8) is 0 Å². The fraction of sp³-hybridized carbons (Fsp3) is 0.111. The van der Waals surface area contributed by atoms with Gasteiger partial charge in [0.15, 0.2) is 0 Å². The van der Waals surface area contributed by atoms with Crippen molar-refractivity contribution in [1.29, 1.82) is 0 Å². The summed E-state index contributed by atoms with van der Waals surface area (Å²) in [6.45, 7) is 2.32. The van der Waals surface area contributed by atoms with E-state index in [-0.39, 0.29) is 17.3 Å². The summed E-state index contributed by atoms with van der Waals surface area (Å²) in [5, 5.41) is 18.2. The van der Waals surface area contributed by atoms with Crippen molar-refractivity contribution in [2.45, 2.75) is 13.5 Å². The largest absolute Gasteiger partial charge is 0.360 e. The summed E-state index contributed by atoms with van der Waals surface area (Å²) in [6.07, 6.45) is 1.29. The summed E-state index contributed by atoms with van der Waals surface area (Å²) in [4.78, 5) is 19.1. The van der Waals surface area contributed by atoms with E-state index in [2.05, 4.69) is 20.6 Å². The van der Waals surface area contributed by atoms with Gasteiger partial charge in [-0.1, -0.05) is 35.9 Å². The minimum atomic E-state index is -0.498. The van der Waals surface area contributed by atoms with E-state index >= 15 is 0 Å². The first kappa shape index (κ1) is 17.6. The fourth-order valence-corrected chi connectivity index (χ4v) is 2.55. The van der Waals surface area contributed by atoms with E-state index in [0.717, 1.165) is 16.8 Å². The zero-order chi connectivity index (χ0) is 18.5. The van der Waals surface area contributed by atoms with Crippen LogP contribution in [0.1, 0.15) is 11.1 Å². The number of nitrogens with zero attached hydrogens (tertiary/aromatic N) is 3. The van der Waals surface area contributed by atoms with Crippen molar-refractivity contribution in [3.05, 3.63) is 81.1 Å². The highest BCUT2D eigenvalue weighted by atomic mass is 35.5. The molecular formula is C18H16ClN5O2. The molecule has 3 rings (SSSR count). The molecule has 2 N–H and O–H groups in total. The number of aromatic nitrogens is 2. The SMILES string of the molecule is Cc1cccc(Nc2ncnc(NCc3ccc(Cl)cc3)c2[N+](=O)[O-])c1. The number of rotatable bonds is 6. The molecule has 1 aromatic heterocycles. The number of anilines is 3. The highest BCUT2D eigenvalue weighted by Crippen LogP contribution is 2.31. The van der Waals surface area contributed by atoms with E-state index in [1.165, 1.54) is 6.33 Å². The van der Waals surface area contributed by atoms with E-state index in [9.17, 15) is 10.1 Å². The highest BCUT2D eigenvalue weighted by Gasteiger charge is 2.23. The van der Waals surface area contributed by atoms with Crippen LogP contribution in [0.2, 0.25) is 5.02 Å². The highest BCUT2D eigenvalue weighted by molar-refractivity contribution is 6.30. The van der Waals surface area contributed by atoms with Gasteiger partial charge in [-0.25, -0.2) is 9.97 Å². The molecule has 26 heavy (non-hydrogen) atoms. The summed E-state index contributed by atoms with van der Waals surface area (Å²) in [6, 6.07) is 14.7. The topological polar surface area (TPSA) is 93.0 Å². The van der Waals surface area contributed by atoms with Gasteiger partial charge in [0.2, 0.25) is 11.6 Å². The number of nitro groups is 1. The molecular weight excluding hydrogens is 354 g/mol. The molecule has 0 fully saturated rings. The summed E-state index contributed by atoms with van der Waals surface area (Å²) >= 11 is 5.87. The molecule has 7 nitrogen and oxygen atoms in total. The van der Waals surface area contributed by atoms with E-state index in [4.69, 9.17) is 11.6 Å². The maximum absolute atomic E-state index is 11.6. The number of hydrogen-bond donors (Lipinski definition) is 2. The molecule has 0 saturated carbocycles. The van der Waals surface area contributed by atoms with Gasteiger partial charge in [0, 0.05) is 17.3 Å². The standard InChI is InChI=1S/C18H16ClN5O2/c1-12-3-2-4-15(9-12)23-18-16(24(25)26)17(21-11-22-18)20-10-13-5-7-14(19)8-6-13/h2-9,11H,10H2,1H3,(H2,20,21,22,23). The second-order valence-electron chi connectivity index (χ2n) is 5.65. The Morgan fingerprint density at radius 2 is 1.85 bits per heavy atom. The van der Waals surface area contributed by atoms with Crippen LogP contribution in [0, 0.1) is 17.0 Å². The van der Waals surface area contributed by atoms with Crippen LogP contribution in [-0.2, 0) is 6.54 Å². The average molecular weight is 370 g/mol. The third kappa shape index (κ3) is 4.25. The second kappa shape index (κ2) is 7.79. The summed E-state index contributed by atoms with van der Waals surface area (Å²) in [7, 11) is 0. The summed E-state index contributed by atoms with van der Waals surface area (Å²) in [5.74, 6) is 0.282. The summed E-state index contributed by atoms with van der Waals surface area (Å²) < 4.78 is 0. The Hall–Kier alpha value is -3.19. The lowest BCUT2D eigenvalue weighted by molar-refractivity contribution is -0.383. The first-order valence-corrected chi connectivity index (χ1v) is 8.22. The predicted molar refractivity (Wildman–Crippen MR) is 102 cm³/mol. The number of halogens is 1. The molecule has 8 heteroatoms. The molecule has 0 aliphatic carbocycles. The Balaban J connectivity index is 1.85. The van der Waals surface area contributed by atoms with Crippen molar-refractivity contribution < 1.29 is 4.92 Å². The zero-order valence-electron chi connectivity index (χ0n) is 13.9. The van der Waals surface area contributed by atoms with Crippen LogP contribution in [0.25, 0.3) is 0 Å². The van der Waals surface area contributed by atoms with Crippen LogP contribution < -0.4 is 10.6 Å². The fourth-order valence-electron chi connectivity index (χ4n) is 2.42. The zero-order valence-corrected chi connectivity index (χ0v) is 14.7. The van der Waals surface area contributed by atoms with Gasteiger partial charge >= 0.3 is 5.69 Å². The number of aryl methyl sites for hydroxylation is 1. The monoisotopic (exact) mass is 369 g/mol. The van der Waals surface area contributed by atoms with Gasteiger partial charge in [0.05, 0.1) is 4.92 Å². The Labute approximate surface area is 155 Å². The van der Waals surface area contributed by atoms with Gasteiger partial charge in [-0.15, -0.1) is 0 Å². The number of benzene rings is 2. The van der Waals surface area contributed by atoms with Crippen molar-refractivity contribution in [3.8, 4) is 0 Å². The van der Waals surface area contributed by atoms with E-state index in [0.29, 0.717) is 11.6 Å². The van der Waals surface area contributed by atoms with Crippen molar-refractivity contribution in [2.24, 2.45) is 0 Å².